The van der Waals surface area contributed by atoms with Crippen LogP contribution in [0.4, 0.5) is 0 Å². The van der Waals surface area contributed by atoms with Crippen LogP contribution in [-0.2, 0) is 16.6 Å². The first kappa shape index (κ1) is 22.2. The number of amides is 1. The molecule has 4 aliphatic rings. The van der Waals surface area contributed by atoms with Gasteiger partial charge in [0.1, 0.15) is 0 Å². The van der Waals surface area contributed by atoms with E-state index in [0.717, 1.165) is 23.0 Å². The summed E-state index contributed by atoms with van der Waals surface area (Å²) in [4.78, 5) is 13.0. The van der Waals surface area contributed by atoms with E-state index in [-0.39, 0.29) is 17.3 Å². The highest BCUT2D eigenvalue weighted by Crippen LogP contribution is 2.52. The predicted molar refractivity (Wildman–Crippen MR) is 127 cm³/mol. The van der Waals surface area contributed by atoms with E-state index in [1.807, 2.05) is 6.92 Å². The van der Waals surface area contributed by atoms with Crippen molar-refractivity contribution in [2.45, 2.75) is 50.5 Å². The Morgan fingerprint density at radius 2 is 1.61 bits per heavy atom. The quantitative estimate of drug-likeness (QED) is 0.603. The van der Waals surface area contributed by atoms with Gasteiger partial charge < -0.3 is 5.43 Å². The summed E-state index contributed by atoms with van der Waals surface area (Å²) in [5.74, 6) is 2.09. The molecule has 0 radical (unpaired) electrons. The zero-order chi connectivity index (χ0) is 23.2. The van der Waals surface area contributed by atoms with Crippen LogP contribution in [0, 0.1) is 24.7 Å². The van der Waals surface area contributed by atoms with Gasteiger partial charge >= 0.3 is 0 Å². The van der Waals surface area contributed by atoms with Crippen LogP contribution < -0.4 is 10.9 Å². The number of carbonyl (C=O) groups is 1. The number of hydrogen-bond donors (Lipinski definition) is 2. The Labute approximate surface area is 196 Å². The van der Waals surface area contributed by atoms with Gasteiger partial charge in [-0.1, -0.05) is 29.8 Å². The fourth-order valence-corrected chi connectivity index (χ4v) is 6.96. The van der Waals surface area contributed by atoms with Crippen molar-refractivity contribution >= 4 is 15.9 Å². The Morgan fingerprint density at radius 1 is 0.970 bits per heavy atom. The first-order chi connectivity index (χ1) is 15.8. The molecule has 0 saturated heterocycles. The van der Waals surface area contributed by atoms with Crippen molar-refractivity contribution < 1.29 is 13.2 Å². The van der Waals surface area contributed by atoms with Crippen LogP contribution in [0.15, 0.2) is 64.7 Å². The Morgan fingerprint density at radius 3 is 2.21 bits per heavy atom. The number of nitrogens with one attached hydrogen (secondary N) is 2. The molecule has 174 valence electrons. The molecule has 3 atom stereocenters. The summed E-state index contributed by atoms with van der Waals surface area (Å²) in [5, 5.41) is 0. The second-order valence-corrected chi connectivity index (χ2v) is 12.0. The number of rotatable bonds is 7. The molecule has 0 aromatic heterocycles. The molecule has 2 saturated carbocycles. The van der Waals surface area contributed by atoms with Crippen molar-refractivity contribution in [3.63, 3.8) is 0 Å². The van der Waals surface area contributed by atoms with Crippen molar-refractivity contribution in [3.05, 3.63) is 76.5 Å². The lowest BCUT2D eigenvalue weighted by Gasteiger charge is -2.47. The molecule has 2 N–H and O–H groups in total. The summed E-state index contributed by atoms with van der Waals surface area (Å²) < 4.78 is 27.0. The summed E-state index contributed by atoms with van der Waals surface area (Å²) >= 11 is 0. The molecule has 6 rings (SSSR count). The highest BCUT2D eigenvalue weighted by Gasteiger charge is 2.41. The van der Waals surface area contributed by atoms with Gasteiger partial charge in [0.2, 0.25) is 10.0 Å². The van der Waals surface area contributed by atoms with Crippen molar-refractivity contribution in [1.82, 2.24) is 15.2 Å². The molecule has 4 aliphatic carbocycles. The van der Waals surface area contributed by atoms with Crippen molar-refractivity contribution in [2.24, 2.45) is 17.8 Å². The fourth-order valence-electron chi connectivity index (χ4n) is 5.80. The summed E-state index contributed by atoms with van der Waals surface area (Å²) in [6, 6.07) is 13.9. The highest BCUT2D eigenvalue weighted by molar-refractivity contribution is 7.89. The largest absolute Gasteiger partial charge is 0.302 e. The maximum atomic E-state index is 12.8. The molecule has 33 heavy (non-hydrogen) atoms. The molecule has 6 nitrogen and oxygen atoms in total. The molecule has 0 heterocycles. The number of hydrogen-bond acceptors (Lipinski definition) is 4. The number of allylic oxidation sites excluding steroid dienone is 2. The van der Waals surface area contributed by atoms with E-state index in [0.29, 0.717) is 11.5 Å². The SMILES string of the molecule is Cc1ccc(S(=O)(=O)N(C)Cc2ccc(C(=O)NNC3=C4C[C@@H]5CC3C[C@H](C4)C5)cc2)cc1. The van der Waals surface area contributed by atoms with Crippen LogP contribution >= 0.6 is 0 Å². The fraction of sp³-hybridized carbons (Fsp3) is 0.423. The lowest BCUT2D eigenvalue weighted by molar-refractivity contribution is 0.0924. The van der Waals surface area contributed by atoms with E-state index < -0.39 is 10.0 Å². The number of sulfonamides is 1. The lowest BCUT2D eigenvalue weighted by atomic mass is 9.60. The Balaban J connectivity index is 1.20. The Kier molecular flexibility index (Phi) is 5.79. The van der Waals surface area contributed by atoms with Crippen LogP contribution in [-0.4, -0.2) is 25.7 Å². The third kappa shape index (κ3) is 4.44. The second kappa shape index (κ2) is 8.61. The average molecular weight is 466 g/mol. The van der Waals surface area contributed by atoms with E-state index >= 15 is 0 Å². The highest BCUT2D eigenvalue weighted by atomic mass is 32.2. The third-order valence-electron chi connectivity index (χ3n) is 7.42. The third-order valence-corrected chi connectivity index (χ3v) is 9.24. The molecule has 2 fully saturated rings. The lowest BCUT2D eigenvalue weighted by Crippen LogP contribution is -2.45. The topological polar surface area (TPSA) is 78.5 Å². The van der Waals surface area contributed by atoms with E-state index in [9.17, 15) is 13.2 Å². The molecule has 4 bridgehead atoms. The van der Waals surface area contributed by atoms with Gasteiger partial charge in [0, 0.05) is 30.8 Å². The van der Waals surface area contributed by atoms with E-state index in [1.54, 1.807) is 55.6 Å². The Bertz CT molecular complexity index is 1170. The van der Waals surface area contributed by atoms with E-state index in [4.69, 9.17) is 0 Å². The minimum Gasteiger partial charge on any atom is -0.302 e. The summed E-state index contributed by atoms with van der Waals surface area (Å²) in [6.45, 7) is 2.16. The number of nitrogens with zero attached hydrogens (tertiary/aromatic N) is 1. The monoisotopic (exact) mass is 465 g/mol. The van der Waals surface area contributed by atoms with Gasteiger partial charge in [-0.05, 0) is 86.3 Å². The van der Waals surface area contributed by atoms with Gasteiger partial charge in [-0.15, -0.1) is 0 Å². The molecular formula is C26H31N3O3S. The number of carbonyl (C=O) groups excluding carboxylic acids is 1. The Hall–Kier alpha value is -2.64. The van der Waals surface area contributed by atoms with Crippen LogP contribution in [0.2, 0.25) is 0 Å². The minimum absolute atomic E-state index is 0.177. The smallest absolute Gasteiger partial charge is 0.269 e. The van der Waals surface area contributed by atoms with Gasteiger partial charge in [-0.25, -0.2) is 8.42 Å². The normalized spacial score (nSPS) is 23.8. The van der Waals surface area contributed by atoms with Gasteiger partial charge in [-0.2, -0.15) is 4.31 Å². The van der Waals surface area contributed by atoms with Crippen LogP contribution in [0.3, 0.4) is 0 Å². The van der Waals surface area contributed by atoms with Crippen LogP contribution in [0.1, 0.15) is 53.6 Å². The van der Waals surface area contributed by atoms with Crippen LogP contribution in [0.25, 0.3) is 0 Å². The standard InChI is InChI=1S/C26H31N3O3S/c1-17-3-9-24(10-4-17)33(31,32)29(2)16-18-5-7-21(8-6-18)26(30)28-27-25-22-12-19-11-20(14-22)15-23(25)13-19/h3-10,19-20,22,27H,11-16H2,1-2H3,(H,28,30)/t19-,20+,22?. The van der Waals surface area contributed by atoms with Gasteiger partial charge in [0.25, 0.3) is 5.91 Å². The molecule has 1 unspecified atom stereocenters. The van der Waals surface area contributed by atoms with Gasteiger partial charge in [0.05, 0.1) is 4.90 Å². The van der Waals surface area contributed by atoms with Crippen molar-refractivity contribution in [1.29, 1.82) is 0 Å². The second-order valence-electron chi connectivity index (χ2n) is 9.91. The zero-order valence-electron chi connectivity index (χ0n) is 19.2. The predicted octanol–water partition coefficient (Wildman–Crippen LogP) is 4.14. The zero-order valence-corrected chi connectivity index (χ0v) is 20.0. The summed E-state index contributed by atoms with van der Waals surface area (Å²) in [7, 11) is -2.00. The summed E-state index contributed by atoms with van der Waals surface area (Å²) in [6.07, 6.45) is 6.23. The molecule has 0 aliphatic heterocycles. The first-order valence-corrected chi connectivity index (χ1v) is 13.1. The number of benzene rings is 2. The first-order valence-electron chi connectivity index (χ1n) is 11.7. The maximum absolute atomic E-state index is 12.8. The molecule has 7 heteroatoms. The molecule has 0 spiro atoms. The van der Waals surface area contributed by atoms with Crippen molar-refractivity contribution in [2.75, 3.05) is 7.05 Å². The molecule has 2 aromatic rings. The van der Waals surface area contributed by atoms with E-state index in [2.05, 4.69) is 10.9 Å². The van der Waals surface area contributed by atoms with E-state index in [1.165, 1.54) is 47.7 Å². The van der Waals surface area contributed by atoms with Crippen LogP contribution in [0.5, 0.6) is 0 Å². The average Bonchev–Trinajstić information content (AvgIpc) is 2.79. The molecule has 1 amide bonds. The van der Waals surface area contributed by atoms with Gasteiger partial charge in [0.15, 0.2) is 0 Å². The summed E-state index contributed by atoms with van der Waals surface area (Å²) in [5.41, 5.74) is 11.3. The minimum atomic E-state index is -3.57. The molecular weight excluding hydrogens is 434 g/mol. The maximum Gasteiger partial charge on any atom is 0.269 e. The van der Waals surface area contributed by atoms with Gasteiger partial charge in [-0.3, -0.25) is 10.2 Å². The molecule has 2 aromatic carbocycles. The number of aryl methyl sites for hydroxylation is 1. The van der Waals surface area contributed by atoms with Crippen molar-refractivity contribution in [3.8, 4) is 0 Å². The number of hydrazine groups is 1.